The molecule has 3 fully saturated rings. The molecule has 2 aliphatic heterocycles. The van der Waals surface area contributed by atoms with Gasteiger partial charge in [0.05, 0.1) is 23.1 Å². The number of hydrogen-bond acceptors (Lipinski definition) is 6. The first-order chi connectivity index (χ1) is 22.9. The molecule has 5 heterocycles. The van der Waals surface area contributed by atoms with E-state index in [0.29, 0.717) is 37.1 Å². The molecule has 3 aromatic heterocycles. The van der Waals surface area contributed by atoms with E-state index in [9.17, 15) is 18.8 Å². The lowest BCUT2D eigenvalue weighted by molar-refractivity contribution is -0.139. The van der Waals surface area contributed by atoms with E-state index in [4.69, 9.17) is 4.74 Å². The highest BCUT2D eigenvalue weighted by molar-refractivity contribution is 6.09. The Morgan fingerprint density at radius 3 is 2.50 bits per heavy atom. The van der Waals surface area contributed by atoms with Crippen LogP contribution in [-0.2, 0) is 9.53 Å². The van der Waals surface area contributed by atoms with Crippen molar-refractivity contribution in [1.82, 2.24) is 29.1 Å². The number of benzene rings is 1. The fraction of sp³-hybridized carbons (Fsp3) is 0.486. The third-order valence-electron chi connectivity index (χ3n) is 10.1. The maximum Gasteiger partial charge on any atom is 0.411 e. The predicted octanol–water partition coefficient (Wildman–Crippen LogP) is 6.82. The van der Waals surface area contributed by atoms with Crippen molar-refractivity contribution < 1.29 is 23.5 Å². The van der Waals surface area contributed by atoms with Crippen LogP contribution in [0, 0.1) is 17.7 Å². The lowest BCUT2D eigenvalue weighted by atomic mass is 9.88. The number of Topliss-reactive ketones (excluding diaryl/α,β-unsaturated/α-hetero) is 1. The number of carbonyl (C=O) groups is 3. The molecule has 0 N–H and O–H groups in total. The highest BCUT2D eigenvalue weighted by atomic mass is 19.1. The summed E-state index contributed by atoms with van der Waals surface area (Å²) in [6.07, 6.45) is 10.3. The molecule has 3 aliphatic rings. The van der Waals surface area contributed by atoms with Gasteiger partial charge in [0, 0.05) is 66.2 Å². The number of likely N-dealkylation sites (tertiary alicyclic amines) is 2. The van der Waals surface area contributed by atoms with Crippen LogP contribution in [0.25, 0.3) is 27.8 Å². The van der Waals surface area contributed by atoms with Crippen LogP contribution in [0.5, 0.6) is 0 Å². The van der Waals surface area contributed by atoms with Crippen molar-refractivity contribution in [3.05, 3.63) is 66.5 Å². The van der Waals surface area contributed by atoms with Crippen molar-refractivity contribution in [2.75, 3.05) is 13.1 Å². The summed E-state index contributed by atoms with van der Waals surface area (Å²) in [6.45, 7) is 10.5. The third-order valence-corrected chi connectivity index (χ3v) is 10.1. The number of aromatic nitrogens is 4. The Hall–Kier alpha value is -4.54. The summed E-state index contributed by atoms with van der Waals surface area (Å²) < 4.78 is 24.1. The van der Waals surface area contributed by atoms with Crippen molar-refractivity contribution in [1.29, 1.82) is 0 Å². The fourth-order valence-electron chi connectivity index (χ4n) is 7.98. The van der Waals surface area contributed by atoms with E-state index in [1.807, 2.05) is 67.1 Å². The van der Waals surface area contributed by atoms with E-state index in [0.717, 1.165) is 41.5 Å². The zero-order chi connectivity index (χ0) is 33.9. The molecule has 1 saturated carbocycles. The van der Waals surface area contributed by atoms with Crippen LogP contribution in [-0.4, -0.2) is 77.7 Å². The second kappa shape index (κ2) is 12.2. The maximum atomic E-state index is 14.7. The topological polar surface area (TPSA) is 103 Å². The van der Waals surface area contributed by atoms with Gasteiger partial charge < -0.3 is 14.2 Å². The zero-order valence-electron chi connectivity index (χ0n) is 28.2. The molecule has 4 aromatic rings. The number of amides is 2. The average Bonchev–Trinajstić information content (AvgIpc) is 3.86. The Bertz CT molecular complexity index is 1880. The molecule has 0 unspecified atom stereocenters. The zero-order valence-corrected chi connectivity index (χ0v) is 28.2. The second-order valence-corrected chi connectivity index (χ2v) is 14.7. The smallest absolute Gasteiger partial charge is 0.411 e. The van der Waals surface area contributed by atoms with Crippen molar-refractivity contribution >= 4 is 28.7 Å². The first-order valence-corrected chi connectivity index (χ1v) is 17.0. The predicted molar refractivity (Wildman–Crippen MR) is 179 cm³/mol. The van der Waals surface area contributed by atoms with Gasteiger partial charge in [-0.3, -0.25) is 24.2 Å². The highest BCUT2D eigenvalue weighted by Gasteiger charge is 2.53. The first kappa shape index (κ1) is 32.0. The van der Waals surface area contributed by atoms with Crippen molar-refractivity contribution in [2.45, 2.75) is 90.4 Å². The first-order valence-electron chi connectivity index (χ1n) is 17.0. The van der Waals surface area contributed by atoms with Crippen molar-refractivity contribution in [2.24, 2.45) is 11.8 Å². The van der Waals surface area contributed by atoms with Crippen molar-refractivity contribution in [3.8, 4) is 16.9 Å². The van der Waals surface area contributed by atoms with Gasteiger partial charge >= 0.3 is 6.09 Å². The minimum absolute atomic E-state index is 0.0169. The van der Waals surface area contributed by atoms with Gasteiger partial charge in [-0.05, 0) is 103 Å². The molecule has 2 bridgehead atoms. The van der Waals surface area contributed by atoms with Crippen LogP contribution < -0.4 is 0 Å². The Labute approximate surface area is 279 Å². The minimum atomic E-state index is -0.640. The van der Waals surface area contributed by atoms with Crippen LogP contribution >= 0.6 is 0 Å². The molecule has 11 heteroatoms. The van der Waals surface area contributed by atoms with Crippen LogP contribution in [0.4, 0.5) is 9.18 Å². The summed E-state index contributed by atoms with van der Waals surface area (Å²) in [5.41, 5.74) is 2.84. The molecular weight excluding hydrogens is 611 g/mol. The molecule has 7 rings (SSSR count). The molecule has 252 valence electrons. The molecule has 3 atom stereocenters. The van der Waals surface area contributed by atoms with Gasteiger partial charge in [-0.15, -0.1) is 0 Å². The summed E-state index contributed by atoms with van der Waals surface area (Å²) in [7, 11) is 0. The van der Waals surface area contributed by atoms with E-state index < -0.39 is 17.7 Å². The van der Waals surface area contributed by atoms with Crippen LogP contribution in [0.1, 0.15) is 83.1 Å². The standard InChI is InChI=1S/C37H43FN6O4/c1-22(2)44-31(11-15-40-44)28-19-25(38)7-9-30(28)42-21-29(27-10-14-39-20-32(27)42)34(45)23-12-16-41(17-13-23)35(46)33-24-6-8-26(18-24)43(33)36(47)48-37(3,4)5/h7,9-11,14-15,19-24,26,33H,6,8,12-13,16-18H2,1-5H3/t24-,26+,33-/m0/s1. The lowest BCUT2D eigenvalue weighted by Gasteiger charge is -2.39. The molecule has 0 spiro atoms. The average molecular weight is 655 g/mol. The number of fused-ring (bicyclic) bond motifs is 3. The minimum Gasteiger partial charge on any atom is -0.444 e. The summed E-state index contributed by atoms with van der Waals surface area (Å²) in [4.78, 5) is 49.2. The van der Waals surface area contributed by atoms with Crippen molar-refractivity contribution in [3.63, 3.8) is 0 Å². The summed E-state index contributed by atoms with van der Waals surface area (Å²) >= 11 is 0. The Morgan fingerprint density at radius 2 is 1.77 bits per heavy atom. The molecule has 1 aromatic carbocycles. The summed E-state index contributed by atoms with van der Waals surface area (Å²) in [6, 6.07) is 7.96. The molecule has 0 radical (unpaired) electrons. The van der Waals surface area contributed by atoms with E-state index in [1.165, 1.54) is 12.1 Å². The van der Waals surface area contributed by atoms with E-state index in [-0.39, 0.29) is 41.4 Å². The van der Waals surface area contributed by atoms with Gasteiger partial charge in [0.1, 0.15) is 17.5 Å². The van der Waals surface area contributed by atoms with Gasteiger partial charge in [-0.1, -0.05) is 0 Å². The largest absolute Gasteiger partial charge is 0.444 e. The van der Waals surface area contributed by atoms with E-state index >= 15 is 0 Å². The van der Waals surface area contributed by atoms with Crippen LogP contribution in [0.3, 0.4) is 0 Å². The monoisotopic (exact) mass is 654 g/mol. The normalized spacial score (nSPS) is 21.4. The number of hydrogen-bond donors (Lipinski definition) is 0. The maximum absolute atomic E-state index is 14.7. The SMILES string of the molecule is CC(C)n1nccc1-c1cc(F)ccc1-n1cc(C(=O)C2CCN(C(=O)[C@@H]3[C@H]4CC[C@H](C4)N3C(=O)OC(C)(C)C)CC2)c2ccncc21. The molecular formula is C37H43FN6O4. The second-order valence-electron chi connectivity index (χ2n) is 14.7. The van der Waals surface area contributed by atoms with Gasteiger partial charge in [-0.2, -0.15) is 5.10 Å². The fourth-order valence-corrected chi connectivity index (χ4v) is 7.98. The number of pyridine rings is 1. The number of halogens is 1. The van der Waals surface area contributed by atoms with Gasteiger partial charge in [0.25, 0.3) is 0 Å². The number of rotatable bonds is 6. The van der Waals surface area contributed by atoms with Gasteiger partial charge in [-0.25, -0.2) is 9.18 Å². The molecule has 1 aliphatic carbocycles. The van der Waals surface area contributed by atoms with Crippen LogP contribution in [0.2, 0.25) is 0 Å². The van der Waals surface area contributed by atoms with E-state index in [2.05, 4.69) is 10.1 Å². The Balaban J connectivity index is 1.13. The summed E-state index contributed by atoms with van der Waals surface area (Å²) in [5.74, 6) is -0.505. The molecule has 10 nitrogen and oxygen atoms in total. The molecule has 2 amide bonds. The van der Waals surface area contributed by atoms with Crippen LogP contribution in [0.15, 0.2) is 55.1 Å². The highest BCUT2D eigenvalue weighted by Crippen LogP contribution is 2.44. The number of piperidine rings is 2. The van der Waals surface area contributed by atoms with Gasteiger partial charge in [0.15, 0.2) is 5.78 Å². The molecule has 48 heavy (non-hydrogen) atoms. The third kappa shape index (κ3) is 5.66. The number of nitrogens with zero attached hydrogens (tertiary/aromatic N) is 6. The van der Waals surface area contributed by atoms with Gasteiger partial charge in [0.2, 0.25) is 5.91 Å². The molecule has 2 saturated heterocycles. The summed E-state index contributed by atoms with van der Waals surface area (Å²) in [5, 5.41) is 5.23. The number of carbonyl (C=O) groups excluding carboxylic acids is 3. The Morgan fingerprint density at radius 1 is 1.00 bits per heavy atom. The van der Waals surface area contributed by atoms with E-state index in [1.54, 1.807) is 29.6 Å². The number of ketones is 1. The number of ether oxygens (including phenoxy) is 1. The quantitative estimate of drug-likeness (QED) is 0.212. The Kier molecular flexibility index (Phi) is 8.12. The lowest BCUT2D eigenvalue weighted by Crippen LogP contribution is -2.56.